The predicted octanol–water partition coefficient (Wildman–Crippen LogP) is 2.01. The molecule has 1 atom stereocenters. The highest BCUT2D eigenvalue weighted by Gasteiger charge is 2.11. The molecule has 0 aromatic rings. The van der Waals surface area contributed by atoms with E-state index in [1.807, 2.05) is 13.8 Å². The Morgan fingerprint density at radius 1 is 0.833 bits per heavy atom. The third-order valence-electron chi connectivity index (χ3n) is 3.96. The Hall–Kier alpha value is -1.72. The van der Waals surface area contributed by atoms with Gasteiger partial charge in [-0.15, -0.1) is 0 Å². The van der Waals surface area contributed by atoms with Gasteiger partial charge < -0.3 is 10.6 Å². The zero-order chi connectivity index (χ0) is 18.5. The topological polar surface area (TPSA) is 92.3 Å². The standard InChI is InChI=1S/C18H32N2O4/c1-5-15(21)14(4)10-11-19-17(23)8-6-7-9-18(24)20-12-16(22)13(2)3/h13-14H,5-12H2,1-4H3,(H,19,23)(H,20,24). The lowest BCUT2D eigenvalue weighted by atomic mass is 10.0. The van der Waals surface area contributed by atoms with Crippen molar-refractivity contribution in [3.63, 3.8) is 0 Å². The van der Waals surface area contributed by atoms with Gasteiger partial charge in [0.25, 0.3) is 0 Å². The molecule has 2 amide bonds. The molecule has 138 valence electrons. The average molecular weight is 340 g/mol. The summed E-state index contributed by atoms with van der Waals surface area (Å²) in [5.74, 6) is -0.0838. The van der Waals surface area contributed by atoms with Crippen molar-refractivity contribution in [3.05, 3.63) is 0 Å². The van der Waals surface area contributed by atoms with Crippen molar-refractivity contribution in [3.8, 4) is 0 Å². The lowest BCUT2D eigenvalue weighted by molar-refractivity contribution is -0.126. The third-order valence-corrected chi connectivity index (χ3v) is 3.96. The van der Waals surface area contributed by atoms with Gasteiger partial charge in [0.05, 0.1) is 6.54 Å². The number of ketones is 2. The highest BCUT2D eigenvalue weighted by molar-refractivity contribution is 5.87. The molecule has 0 aliphatic carbocycles. The third kappa shape index (κ3) is 10.9. The first-order valence-electron chi connectivity index (χ1n) is 8.86. The van der Waals surface area contributed by atoms with E-state index >= 15 is 0 Å². The van der Waals surface area contributed by atoms with Gasteiger partial charge in [-0.1, -0.05) is 27.7 Å². The summed E-state index contributed by atoms with van der Waals surface area (Å²) in [6.45, 7) is 7.89. The molecule has 0 spiro atoms. The highest BCUT2D eigenvalue weighted by Crippen LogP contribution is 2.05. The van der Waals surface area contributed by atoms with Crippen molar-refractivity contribution in [2.24, 2.45) is 11.8 Å². The minimum atomic E-state index is -0.156. The van der Waals surface area contributed by atoms with Crippen LogP contribution in [0.25, 0.3) is 0 Å². The van der Waals surface area contributed by atoms with E-state index in [1.165, 1.54) is 0 Å². The number of nitrogens with one attached hydrogen (secondary N) is 2. The van der Waals surface area contributed by atoms with Crippen LogP contribution in [0.4, 0.5) is 0 Å². The molecule has 0 aromatic carbocycles. The van der Waals surface area contributed by atoms with E-state index in [0.29, 0.717) is 45.1 Å². The number of rotatable bonds is 13. The Balaban J connectivity index is 3.66. The van der Waals surface area contributed by atoms with Gasteiger partial charge in [-0.25, -0.2) is 0 Å². The summed E-state index contributed by atoms with van der Waals surface area (Å²) < 4.78 is 0. The van der Waals surface area contributed by atoms with Crippen LogP contribution >= 0.6 is 0 Å². The summed E-state index contributed by atoms with van der Waals surface area (Å²) >= 11 is 0. The minimum absolute atomic E-state index is 0.0125. The van der Waals surface area contributed by atoms with E-state index in [2.05, 4.69) is 10.6 Å². The summed E-state index contributed by atoms with van der Waals surface area (Å²) in [4.78, 5) is 46.0. The fourth-order valence-corrected chi connectivity index (χ4v) is 2.08. The maximum atomic E-state index is 11.7. The normalized spacial score (nSPS) is 11.9. The van der Waals surface area contributed by atoms with E-state index in [9.17, 15) is 19.2 Å². The Morgan fingerprint density at radius 2 is 1.38 bits per heavy atom. The molecule has 2 N–H and O–H groups in total. The van der Waals surface area contributed by atoms with Crippen LogP contribution in [0.3, 0.4) is 0 Å². The number of carbonyl (C=O) groups excluding carboxylic acids is 4. The van der Waals surface area contributed by atoms with Crippen molar-refractivity contribution < 1.29 is 19.2 Å². The molecule has 0 rings (SSSR count). The summed E-state index contributed by atoms with van der Waals surface area (Å²) in [5, 5.41) is 5.39. The monoisotopic (exact) mass is 340 g/mol. The van der Waals surface area contributed by atoms with E-state index < -0.39 is 0 Å². The molecular weight excluding hydrogens is 308 g/mol. The molecule has 0 aliphatic heterocycles. The van der Waals surface area contributed by atoms with Gasteiger partial charge >= 0.3 is 0 Å². The number of hydrogen-bond acceptors (Lipinski definition) is 4. The van der Waals surface area contributed by atoms with E-state index in [-0.39, 0.29) is 41.8 Å². The van der Waals surface area contributed by atoms with Gasteiger partial charge in [-0.05, 0) is 19.3 Å². The molecule has 0 radical (unpaired) electrons. The second-order valence-electron chi connectivity index (χ2n) is 6.46. The maximum Gasteiger partial charge on any atom is 0.220 e. The molecule has 0 saturated carbocycles. The Bertz CT molecular complexity index is 433. The summed E-state index contributed by atoms with van der Waals surface area (Å²) in [7, 11) is 0. The van der Waals surface area contributed by atoms with Gasteiger partial charge in [0.15, 0.2) is 5.78 Å². The number of Topliss-reactive ketones (excluding diaryl/α,β-unsaturated/α-hetero) is 2. The predicted molar refractivity (Wildman–Crippen MR) is 93.4 cm³/mol. The minimum Gasteiger partial charge on any atom is -0.356 e. The number of carbonyl (C=O) groups is 4. The average Bonchev–Trinajstić information content (AvgIpc) is 2.55. The molecule has 0 heterocycles. The molecule has 0 aliphatic rings. The van der Waals surface area contributed by atoms with Crippen LogP contribution in [0.5, 0.6) is 0 Å². The zero-order valence-electron chi connectivity index (χ0n) is 15.4. The van der Waals surface area contributed by atoms with Crippen molar-refractivity contribution in [1.29, 1.82) is 0 Å². The summed E-state index contributed by atoms with van der Waals surface area (Å²) in [6.07, 6.45) is 3.11. The van der Waals surface area contributed by atoms with Crippen LogP contribution in [-0.2, 0) is 19.2 Å². The highest BCUT2D eigenvalue weighted by atomic mass is 16.2. The first-order valence-corrected chi connectivity index (χ1v) is 8.86. The van der Waals surface area contributed by atoms with E-state index in [0.717, 1.165) is 0 Å². The smallest absolute Gasteiger partial charge is 0.220 e. The molecule has 0 saturated heterocycles. The van der Waals surface area contributed by atoms with Crippen LogP contribution < -0.4 is 10.6 Å². The van der Waals surface area contributed by atoms with Crippen molar-refractivity contribution in [2.75, 3.05) is 13.1 Å². The van der Waals surface area contributed by atoms with E-state index in [1.54, 1.807) is 13.8 Å². The molecule has 24 heavy (non-hydrogen) atoms. The van der Waals surface area contributed by atoms with Crippen molar-refractivity contribution in [1.82, 2.24) is 10.6 Å². The van der Waals surface area contributed by atoms with E-state index in [4.69, 9.17) is 0 Å². The quantitative estimate of drug-likeness (QED) is 0.502. The zero-order valence-corrected chi connectivity index (χ0v) is 15.4. The second kappa shape index (κ2) is 12.7. The van der Waals surface area contributed by atoms with Crippen LogP contribution in [-0.4, -0.2) is 36.5 Å². The molecule has 6 nitrogen and oxygen atoms in total. The summed E-state index contributed by atoms with van der Waals surface area (Å²) in [5.41, 5.74) is 0. The van der Waals surface area contributed by atoms with Gasteiger partial charge in [-0.3, -0.25) is 19.2 Å². The van der Waals surface area contributed by atoms with Crippen LogP contribution in [0, 0.1) is 11.8 Å². The molecule has 0 fully saturated rings. The molecule has 6 heteroatoms. The second-order valence-corrected chi connectivity index (χ2v) is 6.46. The van der Waals surface area contributed by atoms with Gasteiger partial charge in [0, 0.05) is 37.6 Å². The summed E-state index contributed by atoms with van der Waals surface area (Å²) in [6, 6.07) is 0. The van der Waals surface area contributed by atoms with Gasteiger partial charge in [-0.2, -0.15) is 0 Å². The van der Waals surface area contributed by atoms with Crippen molar-refractivity contribution in [2.45, 2.75) is 66.2 Å². The Kier molecular flexibility index (Phi) is 11.8. The fraction of sp³-hybridized carbons (Fsp3) is 0.778. The number of amides is 2. The number of unbranched alkanes of at least 4 members (excludes halogenated alkanes) is 1. The Labute approximate surface area is 145 Å². The van der Waals surface area contributed by atoms with Crippen LogP contribution in [0.1, 0.15) is 66.2 Å². The first kappa shape index (κ1) is 22.3. The molecule has 0 bridgehead atoms. The largest absolute Gasteiger partial charge is 0.356 e. The number of hydrogen-bond donors (Lipinski definition) is 2. The SMILES string of the molecule is CCC(=O)C(C)CCNC(=O)CCCCC(=O)NCC(=O)C(C)C. The van der Waals surface area contributed by atoms with Crippen LogP contribution in [0.2, 0.25) is 0 Å². The first-order chi connectivity index (χ1) is 11.3. The lowest BCUT2D eigenvalue weighted by Gasteiger charge is -2.10. The Morgan fingerprint density at radius 3 is 1.88 bits per heavy atom. The molecule has 1 unspecified atom stereocenters. The maximum absolute atomic E-state index is 11.7. The molecule has 0 aromatic heterocycles. The van der Waals surface area contributed by atoms with Crippen molar-refractivity contribution >= 4 is 23.4 Å². The van der Waals surface area contributed by atoms with Crippen LogP contribution in [0.15, 0.2) is 0 Å². The van der Waals surface area contributed by atoms with Gasteiger partial charge in [0.2, 0.25) is 11.8 Å². The van der Waals surface area contributed by atoms with Gasteiger partial charge in [0.1, 0.15) is 5.78 Å². The molecular formula is C18H32N2O4. The lowest BCUT2D eigenvalue weighted by Crippen LogP contribution is -2.31. The fourth-order valence-electron chi connectivity index (χ4n) is 2.08.